The molecule has 0 aromatic carbocycles. The van der Waals surface area contributed by atoms with Crippen molar-refractivity contribution >= 4 is 17.7 Å². The lowest BCUT2D eigenvalue weighted by Gasteiger charge is -2.05. The fraction of sp³-hybridized carbons (Fsp3) is 0.625. The summed E-state index contributed by atoms with van der Waals surface area (Å²) in [5, 5.41) is 8.06. The highest BCUT2D eigenvalue weighted by molar-refractivity contribution is 7.99. The first-order chi connectivity index (χ1) is 6.61. The summed E-state index contributed by atoms with van der Waals surface area (Å²) >= 11 is 1.37. The van der Waals surface area contributed by atoms with Crippen LogP contribution in [0.25, 0.3) is 0 Å². The normalized spacial score (nSPS) is 12.5. The number of thioether (sulfide) groups is 1. The van der Waals surface area contributed by atoms with Crippen LogP contribution in [0, 0.1) is 6.92 Å². The van der Waals surface area contributed by atoms with Gasteiger partial charge < -0.3 is 9.15 Å². The quantitative estimate of drug-likeness (QED) is 0.560. The number of rotatable bonds is 4. The van der Waals surface area contributed by atoms with Crippen LogP contribution in [0.2, 0.25) is 0 Å². The minimum absolute atomic E-state index is 0.0716. The van der Waals surface area contributed by atoms with Gasteiger partial charge >= 0.3 is 5.97 Å². The van der Waals surface area contributed by atoms with Crippen molar-refractivity contribution in [2.75, 3.05) is 7.11 Å². The molecule has 1 unspecified atom stereocenters. The van der Waals surface area contributed by atoms with E-state index in [0.29, 0.717) is 17.5 Å². The van der Waals surface area contributed by atoms with Crippen molar-refractivity contribution in [2.24, 2.45) is 0 Å². The first-order valence-corrected chi connectivity index (χ1v) is 5.03. The van der Waals surface area contributed by atoms with Crippen LogP contribution < -0.4 is 0 Å². The second-order valence-electron chi connectivity index (χ2n) is 2.80. The third kappa shape index (κ3) is 3.37. The highest BCUT2D eigenvalue weighted by Crippen LogP contribution is 2.23. The number of hydrogen-bond acceptors (Lipinski definition) is 6. The van der Waals surface area contributed by atoms with Gasteiger partial charge in [-0.3, -0.25) is 4.79 Å². The molecule has 0 saturated carbocycles. The van der Waals surface area contributed by atoms with E-state index < -0.39 is 0 Å². The zero-order valence-electron chi connectivity index (χ0n) is 8.31. The van der Waals surface area contributed by atoms with E-state index in [2.05, 4.69) is 14.9 Å². The molecule has 0 aliphatic rings. The van der Waals surface area contributed by atoms with Gasteiger partial charge in [-0.15, -0.1) is 10.2 Å². The Morgan fingerprint density at radius 3 is 2.86 bits per heavy atom. The molecule has 0 aliphatic heterocycles. The highest BCUT2D eigenvalue weighted by atomic mass is 32.2. The summed E-state index contributed by atoms with van der Waals surface area (Å²) in [5.74, 6) is 0.291. The second kappa shape index (κ2) is 4.99. The van der Waals surface area contributed by atoms with E-state index in [4.69, 9.17) is 4.42 Å². The van der Waals surface area contributed by atoms with Crippen molar-refractivity contribution in [1.29, 1.82) is 0 Å². The summed E-state index contributed by atoms with van der Waals surface area (Å²) in [5.41, 5.74) is 0. The molecule has 1 heterocycles. The Bertz CT molecular complexity index is 313. The van der Waals surface area contributed by atoms with Gasteiger partial charge in [-0.1, -0.05) is 18.7 Å². The largest absolute Gasteiger partial charge is 0.469 e. The summed E-state index contributed by atoms with van der Waals surface area (Å²) in [6, 6.07) is 0. The average Bonchev–Trinajstić information content (AvgIpc) is 2.50. The fourth-order valence-electron chi connectivity index (χ4n) is 0.858. The molecular formula is C8H12N2O3S. The summed E-state index contributed by atoms with van der Waals surface area (Å²) in [7, 11) is 1.37. The molecule has 1 aromatic rings. The fourth-order valence-corrected chi connectivity index (χ4v) is 1.68. The van der Waals surface area contributed by atoms with Crippen molar-refractivity contribution in [3.63, 3.8) is 0 Å². The number of hydrogen-bond donors (Lipinski definition) is 0. The van der Waals surface area contributed by atoms with Crippen LogP contribution in [-0.2, 0) is 9.53 Å². The molecule has 0 radical (unpaired) electrons. The van der Waals surface area contributed by atoms with E-state index in [9.17, 15) is 4.79 Å². The van der Waals surface area contributed by atoms with E-state index in [0.717, 1.165) is 0 Å². The molecule has 1 atom stereocenters. The number of carbonyl (C=O) groups is 1. The van der Waals surface area contributed by atoms with Crippen LogP contribution in [0.4, 0.5) is 0 Å². The van der Waals surface area contributed by atoms with Gasteiger partial charge in [0.2, 0.25) is 5.89 Å². The Balaban J connectivity index is 2.41. The number of esters is 1. The van der Waals surface area contributed by atoms with Crippen LogP contribution in [0.3, 0.4) is 0 Å². The summed E-state index contributed by atoms with van der Waals surface area (Å²) in [4.78, 5) is 10.9. The summed E-state index contributed by atoms with van der Waals surface area (Å²) in [6.45, 7) is 3.63. The van der Waals surface area contributed by atoms with Gasteiger partial charge in [0.05, 0.1) is 13.5 Å². The number of aryl methyl sites for hydroxylation is 1. The molecule has 1 aromatic heterocycles. The van der Waals surface area contributed by atoms with E-state index in [1.54, 1.807) is 6.92 Å². The minimum atomic E-state index is -0.235. The average molecular weight is 216 g/mol. The standard InChI is InChI=1S/C8H12N2O3S/c1-5(4-7(11)12-3)14-8-10-9-6(2)13-8/h5H,4H2,1-3H3. The lowest BCUT2D eigenvalue weighted by Crippen LogP contribution is -2.08. The minimum Gasteiger partial charge on any atom is -0.469 e. The Morgan fingerprint density at radius 1 is 1.64 bits per heavy atom. The van der Waals surface area contributed by atoms with E-state index in [-0.39, 0.29) is 11.2 Å². The van der Waals surface area contributed by atoms with Gasteiger partial charge in [-0.25, -0.2) is 0 Å². The second-order valence-corrected chi connectivity index (χ2v) is 4.19. The lowest BCUT2D eigenvalue weighted by atomic mass is 10.3. The van der Waals surface area contributed by atoms with Crippen molar-refractivity contribution in [2.45, 2.75) is 30.7 Å². The van der Waals surface area contributed by atoms with E-state index in [1.807, 2.05) is 6.92 Å². The van der Waals surface area contributed by atoms with E-state index in [1.165, 1.54) is 18.9 Å². The predicted molar refractivity (Wildman–Crippen MR) is 51.0 cm³/mol. The molecule has 0 aliphatic carbocycles. The molecule has 0 spiro atoms. The molecule has 6 heteroatoms. The van der Waals surface area contributed by atoms with E-state index >= 15 is 0 Å². The van der Waals surface area contributed by atoms with Crippen LogP contribution in [0.1, 0.15) is 19.2 Å². The molecule has 0 N–H and O–H groups in total. The lowest BCUT2D eigenvalue weighted by molar-refractivity contribution is -0.140. The number of ether oxygens (including phenoxy) is 1. The molecule has 0 bridgehead atoms. The maximum absolute atomic E-state index is 10.9. The summed E-state index contributed by atoms with van der Waals surface area (Å²) in [6.07, 6.45) is 0.336. The Hall–Kier alpha value is -1.04. The smallest absolute Gasteiger partial charge is 0.306 e. The van der Waals surface area contributed by atoms with Crippen molar-refractivity contribution in [3.05, 3.63) is 5.89 Å². The molecule has 0 amide bonds. The monoisotopic (exact) mass is 216 g/mol. The number of aromatic nitrogens is 2. The molecule has 0 saturated heterocycles. The van der Waals surface area contributed by atoms with Gasteiger partial charge in [-0.05, 0) is 0 Å². The topological polar surface area (TPSA) is 65.2 Å². The molecule has 1 rings (SSSR count). The van der Waals surface area contributed by atoms with Crippen LogP contribution in [0.15, 0.2) is 9.64 Å². The van der Waals surface area contributed by atoms with Crippen molar-refractivity contribution in [1.82, 2.24) is 10.2 Å². The maximum Gasteiger partial charge on any atom is 0.306 e. The maximum atomic E-state index is 10.9. The van der Waals surface area contributed by atoms with Crippen molar-refractivity contribution < 1.29 is 13.9 Å². The molecule has 5 nitrogen and oxygen atoms in total. The van der Waals surface area contributed by atoms with Gasteiger partial charge in [0, 0.05) is 12.2 Å². The zero-order chi connectivity index (χ0) is 10.6. The van der Waals surface area contributed by atoms with Crippen LogP contribution >= 0.6 is 11.8 Å². The van der Waals surface area contributed by atoms with Gasteiger partial charge in [-0.2, -0.15) is 0 Å². The third-order valence-electron chi connectivity index (χ3n) is 1.49. The number of nitrogens with zero attached hydrogens (tertiary/aromatic N) is 2. The molecular weight excluding hydrogens is 204 g/mol. The summed E-state index contributed by atoms with van der Waals surface area (Å²) < 4.78 is 9.70. The van der Waals surface area contributed by atoms with Crippen LogP contribution in [0.5, 0.6) is 0 Å². The van der Waals surface area contributed by atoms with Crippen LogP contribution in [-0.4, -0.2) is 28.5 Å². The Labute approximate surface area is 86.2 Å². The SMILES string of the molecule is COC(=O)CC(C)Sc1nnc(C)o1. The first-order valence-electron chi connectivity index (χ1n) is 4.15. The van der Waals surface area contributed by atoms with Crippen molar-refractivity contribution in [3.8, 4) is 0 Å². The first kappa shape index (κ1) is 11.0. The zero-order valence-corrected chi connectivity index (χ0v) is 9.13. The number of carbonyl (C=O) groups excluding carboxylic acids is 1. The molecule has 78 valence electrons. The third-order valence-corrected chi connectivity index (χ3v) is 2.43. The van der Waals surface area contributed by atoms with Gasteiger partial charge in [0.1, 0.15) is 0 Å². The van der Waals surface area contributed by atoms with Gasteiger partial charge in [0.25, 0.3) is 5.22 Å². The molecule has 14 heavy (non-hydrogen) atoms. The van der Waals surface area contributed by atoms with Gasteiger partial charge in [0.15, 0.2) is 0 Å². The predicted octanol–water partition coefficient (Wildman–Crippen LogP) is 1.42. The Kier molecular flexibility index (Phi) is 3.94. The number of methoxy groups -OCH3 is 1. The highest BCUT2D eigenvalue weighted by Gasteiger charge is 2.13. The molecule has 0 fully saturated rings. The Morgan fingerprint density at radius 2 is 2.36 bits per heavy atom.